The van der Waals surface area contributed by atoms with E-state index in [-0.39, 0.29) is 0 Å². The second-order valence-electron chi connectivity index (χ2n) is 7.17. The third kappa shape index (κ3) is 6.34. The molecule has 0 fully saturated rings. The van der Waals surface area contributed by atoms with Gasteiger partial charge in [-0.1, -0.05) is 65.8 Å². The number of hydrogen-bond acceptors (Lipinski definition) is 4. The van der Waals surface area contributed by atoms with E-state index in [1.165, 1.54) is 29.5 Å². The van der Waals surface area contributed by atoms with E-state index < -0.39 is 11.7 Å². The molecule has 0 N–H and O–H groups in total. The van der Waals surface area contributed by atoms with Crippen LogP contribution in [0.2, 0.25) is 5.02 Å². The summed E-state index contributed by atoms with van der Waals surface area (Å²) in [6, 6.07) is 22.8. The van der Waals surface area contributed by atoms with E-state index in [0.29, 0.717) is 21.7 Å². The van der Waals surface area contributed by atoms with Crippen LogP contribution in [0.1, 0.15) is 22.5 Å². The Morgan fingerprint density at radius 3 is 2.06 bits per heavy atom. The molecule has 0 aliphatic heterocycles. The van der Waals surface area contributed by atoms with Crippen molar-refractivity contribution in [3.8, 4) is 5.69 Å². The van der Waals surface area contributed by atoms with Crippen LogP contribution in [0.3, 0.4) is 0 Å². The summed E-state index contributed by atoms with van der Waals surface area (Å²) < 4.78 is 40.4. The number of hydrogen-bond donors (Lipinski definition) is 0. The fraction of sp³-hybridized carbons (Fsp3) is 0.167. The molecule has 0 atom stereocenters. The van der Waals surface area contributed by atoms with Gasteiger partial charge >= 0.3 is 6.18 Å². The Morgan fingerprint density at radius 1 is 0.758 bits per heavy atom. The predicted molar refractivity (Wildman–Crippen MR) is 129 cm³/mol. The van der Waals surface area contributed by atoms with Gasteiger partial charge in [0.2, 0.25) is 0 Å². The zero-order chi connectivity index (χ0) is 23.3. The van der Waals surface area contributed by atoms with Gasteiger partial charge in [0.05, 0.1) is 11.3 Å². The molecule has 33 heavy (non-hydrogen) atoms. The quantitative estimate of drug-likeness (QED) is 0.230. The smallest absolute Gasteiger partial charge is 0.273 e. The van der Waals surface area contributed by atoms with Crippen molar-refractivity contribution in [3.05, 3.63) is 106 Å². The standard InChI is InChI=1S/C24H19ClF3N3S2/c25-20-12-8-17(9-13-20)14-32-16-22-29-30-23(31(22)21-4-2-1-3-5-21)33-15-18-6-10-19(11-7-18)24(26,27)28/h1-13H,14-16H2. The summed E-state index contributed by atoms with van der Waals surface area (Å²) in [6.45, 7) is 0. The van der Waals surface area contributed by atoms with Crippen LogP contribution in [0.4, 0.5) is 13.2 Å². The van der Waals surface area contributed by atoms with Gasteiger partial charge in [0.1, 0.15) is 5.82 Å². The Morgan fingerprint density at radius 2 is 1.39 bits per heavy atom. The minimum atomic E-state index is -4.34. The molecule has 3 nitrogen and oxygen atoms in total. The first-order chi connectivity index (χ1) is 15.9. The Kier molecular flexibility index (Phi) is 7.67. The highest BCUT2D eigenvalue weighted by Crippen LogP contribution is 2.31. The number of nitrogens with zero attached hydrogens (tertiary/aromatic N) is 3. The Bertz CT molecular complexity index is 1180. The molecule has 0 aliphatic rings. The van der Waals surface area contributed by atoms with Crippen molar-refractivity contribution in [2.45, 2.75) is 28.6 Å². The van der Waals surface area contributed by atoms with Crippen LogP contribution in [0, 0.1) is 0 Å². The second-order valence-corrected chi connectivity index (χ2v) is 9.54. The average Bonchev–Trinajstić information content (AvgIpc) is 3.22. The Labute approximate surface area is 203 Å². The lowest BCUT2D eigenvalue weighted by atomic mass is 10.1. The molecule has 0 saturated carbocycles. The lowest BCUT2D eigenvalue weighted by molar-refractivity contribution is -0.137. The Balaban J connectivity index is 1.48. The van der Waals surface area contributed by atoms with Crippen molar-refractivity contribution < 1.29 is 13.2 Å². The molecule has 0 saturated heterocycles. The minimum absolute atomic E-state index is 0.487. The lowest BCUT2D eigenvalue weighted by Gasteiger charge is -2.11. The first-order valence-corrected chi connectivity index (χ1v) is 12.5. The highest BCUT2D eigenvalue weighted by atomic mass is 35.5. The van der Waals surface area contributed by atoms with Gasteiger partial charge in [0.15, 0.2) is 5.16 Å². The van der Waals surface area contributed by atoms with Gasteiger partial charge in [0, 0.05) is 22.2 Å². The largest absolute Gasteiger partial charge is 0.416 e. The number of benzene rings is 3. The molecule has 9 heteroatoms. The number of alkyl halides is 3. The highest BCUT2D eigenvalue weighted by Gasteiger charge is 2.29. The van der Waals surface area contributed by atoms with E-state index in [9.17, 15) is 13.2 Å². The van der Waals surface area contributed by atoms with Crippen LogP contribution in [0.25, 0.3) is 5.69 Å². The average molecular weight is 506 g/mol. The van der Waals surface area contributed by atoms with Crippen molar-refractivity contribution >= 4 is 35.1 Å². The molecule has 170 valence electrons. The predicted octanol–water partition coefficient (Wildman–Crippen LogP) is 7.67. The zero-order valence-electron chi connectivity index (χ0n) is 17.3. The van der Waals surface area contributed by atoms with Crippen molar-refractivity contribution in [2.75, 3.05) is 0 Å². The van der Waals surface area contributed by atoms with E-state index in [2.05, 4.69) is 10.2 Å². The van der Waals surface area contributed by atoms with Crippen LogP contribution in [-0.4, -0.2) is 14.8 Å². The normalized spacial score (nSPS) is 11.6. The number of halogens is 4. The summed E-state index contributed by atoms with van der Waals surface area (Å²) >= 11 is 9.12. The van der Waals surface area contributed by atoms with E-state index >= 15 is 0 Å². The molecule has 4 aromatic rings. The van der Waals surface area contributed by atoms with Gasteiger partial charge in [-0.3, -0.25) is 4.57 Å². The monoisotopic (exact) mass is 505 g/mol. The van der Waals surface area contributed by atoms with Gasteiger partial charge in [-0.25, -0.2) is 0 Å². The molecule has 0 unspecified atom stereocenters. The first-order valence-electron chi connectivity index (χ1n) is 10.0. The first kappa shape index (κ1) is 23.7. The lowest BCUT2D eigenvalue weighted by Crippen LogP contribution is -2.04. The number of rotatable bonds is 8. The van der Waals surface area contributed by atoms with Gasteiger partial charge in [-0.15, -0.1) is 22.0 Å². The zero-order valence-corrected chi connectivity index (χ0v) is 19.7. The number of para-hydroxylation sites is 1. The number of aromatic nitrogens is 3. The summed E-state index contributed by atoms with van der Waals surface area (Å²) in [6.07, 6.45) is -4.34. The van der Waals surface area contributed by atoms with Gasteiger partial charge in [-0.05, 0) is 47.5 Å². The molecule has 4 rings (SSSR count). The molecule has 0 amide bonds. The Hall–Kier alpha value is -2.42. The summed E-state index contributed by atoms with van der Waals surface area (Å²) in [7, 11) is 0. The molecule has 1 aromatic heterocycles. The van der Waals surface area contributed by atoms with E-state index in [0.717, 1.165) is 35.0 Å². The molecule has 0 aliphatic carbocycles. The summed E-state index contributed by atoms with van der Waals surface area (Å²) in [5, 5.41) is 10.2. The van der Waals surface area contributed by atoms with Crippen molar-refractivity contribution in [2.24, 2.45) is 0 Å². The molecule has 0 bridgehead atoms. The molecule has 3 aromatic carbocycles. The maximum atomic E-state index is 12.8. The molecular weight excluding hydrogens is 487 g/mol. The van der Waals surface area contributed by atoms with Crippen molar-refractivity contribution in [3.63, 3.8) is 0 Å². The third-order valence-electron chi connectivity index (χ3n) is 4.78. The summed E-state index contributed by atoms with van der Waals surface area (Å²) in [5.41, 5.74) is 2.25. The van der Waals surface area contributed by atoms with E-state index in [4.69, 9.17) is 11.6 Å². The van der Waals surface area contributed by atoms with Crippen LogP contribution >= 0.6 is 35.1 Å². The van der Waals surface area contributed by atoms with E-state index in [1.54, 1.807) is 11.8 Å². The van der Waals surface area contributed by atoms with Crippen molar-refractivity contribution in [1.29, 1.82) is 0 Å². The number of thioether (sulfide) groups is 2. The van der Waals surface area contributed by atoms with Crippen LogP contribution in [0.15, 0.2) is 84.0 Å². The van der Waals surface area contributed by atoms with Gasteiger partial charge in [0.25, 0.3) is 0 Å². The van der Waals surface area contributed by atoms with Crippen LogP contribution in [0.5, 0.6) is 0 Å². The van der Waals surface area contributed by atoms with Gasteiger partial charge < -0.3 is 0 Å². The molecule has 0 radical (unpaired) electrons. The second kappa shape index (κ2) is 10.7. The van der Waals surface area contributed by atoms with Crippen LogP contribution in [-0.2, 0) is 23.4 Å². The van der Waals surface area contributed by atoms with Gasteiger partial charge in [-0.2, -0.15) is 13.2 Å². The topological polar surface area (TPSA) is 30.7 Å². The maximum absolute atomic E-state index is 12.8. The fourth-order valence-electron chi connectivity index (χ4n) is 3.10. The minimum Gasteiger partial charge on any atom is -0.273 e. The van der Waals surface area contributed by atoms with Crippen LogP contribution < -0.4 is 0 Å². The SMILES string of the molecule is FC(F)(F)c1ccc(CSc2nnc(CSCc3ccc(Cl)cc3)n2-c2ccccc2)cc1. The maximum Gasteiger partial charge on any atom is 0.416 e. The molecule has 1 heterocycles. The fourth-order valence-corrected chi connectivity index (χ4v) is 5.05. The van der Waals surface area contributed by atoms with Crippen molar-refractivity contribution in [1.82, 2.24) is 14.8 Å². The van der Waals surface area contributed by atoms with E-state index in [1.807, 2.05) is 59.2 Å². The summed E-state index contributed by atoms with van der Waals surface area (Å²) in [4.78, 5) is 0. The molecule has 0 spiro atoms. The molecular formula is C24H19ClF3N3S2. The summed E-state index contributed by atoms with van der Waals surface area (Å²) in [5.74, 6) is 2.77. The highest BCUT2D eigenvalue weighted by molar-refractivity contribution is 7.98. The third-order valence-corrected chi connectivity index (χ3v) is 7.03.